The number of carbonyl (C=O) groups is 1. The number of aromatic nitrogens is 2. The van der Waals surface area contributed by atoms with Gasteiger partial charge < -0.3 is 0 Å². The fraction of sp³-hybridized carbons (Fsp3) is 0.167. The molecule has 1 amide bonds. The number of halogens is 1. The van der Waals surface area contributed by atoms with Gasteiger partial charge in [-0.15, -0.1) is 10.2 Å². The van der Waals surface area contributed by atoms with Crippen molar-refractivity contribution < 1.29 is 13.2 Å². The third-order valence-corrected chi connectivity index (χ3v) is 6.38. The summed E-state index contributed by atoms with van der Waals surface area (Å²) in [5.41, 5.74) is 1.44. The normalized spacial score (nSPS) is 11.4. The Hall–Kier alpha value is -2.33. The number of nitrogens with one attached hydrogen (secondary N) is 2. The molecule has 0 fully saturated rings. The van der Waals surface area contributed by atoms with Crippen LogP contribution in [0.5, 0.6) is 0 Å². The average molecular weight is 437 g/mol. The molecule has 2 N–H and O–H groups in total. The summed E-state index contributed by atoms with van der Waals surface area (Å²) in [6.45, 7) is 2.07. The van der Waals surface area contributed by atoms with Gasteiger partial charge in [-0.3, -0.25) is 10.1 Å². The second-order valence-corrected chi connectivity index (χ2v) is 9.19. The molecule has 3 aromatic rings. The lowest BCUT2D eigenvalue weighted by Gasteiger charge is -2.05. The Morgan fingerprint density at radius 3 is 2.43 bits per heavy atom. The summed E-state index contributed by atoms with van der Waals surface area (Å²) in [4.78, 5) is 12.4. The van der Waals surface area contributed by atoms with Crippen molar-refractivity contribution in [3.8, 4) is 0 Å². The highest BCUT2D eigenvalue weighted by molar-refractivity contribution is 7.89. The van der Waals surface area contributed by atoms with Crippen LogP contribution in [0.1, 0.15) is 20.9 Å². The Labute approximate surface area is 171 Å². The van der Waals surface area contributed by atoms with E-state index in [1.54, 1.807) is 48.5 Å². The number of amides is 1. The Kier molecular flexibility index (Phi) is 6.40. The Morgan fingerprint density at radius 1 is 1.07 bits per heavy atom. The first-order chi connectivity index (χ1) is 13.3. The molecule has 0 saturated carbocycles. The van der Waals surface area contributed by atoms with Gasteiger partial charge in [0.25, 0.3) is 5.91 Å². The number of sulfonamides is 1. The number of carbonyl (C=O) groups excluding carboxylic acids is 1. The van der Waals surface area contributed by atoms with Gasteiger partial charge in [0, 0.05) is 23.6 Å². The van der Waals surface area contributed by atoms with Crippen LogP contribution in [0, 0.1) is 6.92 Å². The molecule has 0 atom stereocenters. The van der Waals surface area contributed by atoms with Crippen molar-refractivity contribution in [3.63, 3.8) is 0 Å². The quantitative estimate of drug-likeness (QED) is 0.591. The summed E-state index contributed by atoms with van der Waals surface area (Å²) in [6.07, 6.45) is 0.361. The van der Waals surface area contributed by atoms with Crippen molar-refractivity contribution >= 4 is 44.0 Å². The van der Waals surface area contributed by atoms with Gasteiger partial charge in [0.1, 0.15) is 5.01 Å². The Bertz CT molecular complexity index is 1060. The molecule has 0 aliphatic carbocycles. The lowest BCUT2D eigenvalue weighted by Crippen LogP contribution is -2.25. The first-order valence-electron chi connectivity index (χ1n) is 8.29. The van der Waals surface area contributed by atoms with E-state index in [1.807, 2.05) is 6.92 Å². The summed E-state index contributed by atoms with van der Waals surface area (Å²) in [5, 5.41) is 12.1. The van der Waals surface area contributed by atoms with E-state index in [4.69, 9.17) is 11.6 Å². The topological polar surface area (TPSA) is 101 Å². The number of hydrogen-bond donors (Lipinski definition) is 2. The third kappa shape index (κ3) is 5.35. The predicted molar refractivity (Wildman–Crippen MR) is 109 cm³/mol. The second kappa shape index (κ2) is 8.78. The highest BCUT2D eigenvalue weighted by atomic mass is 35.5. The molecule has 0 saturated heterocycles. The van der Waals surface area contributed by atoms with E-state index in [1.165, 1.54) is 11.3 Å². The van der Waals surface area contributed by atoms with Crippen molar-refractivity contribution in [2.45, 2.75) is 18.2 Å². The minimum atomic E-state index is -3.57. The highest BCUT2D eigenvalue weighted by Crippen LogP contribution is 2.18. The molecule has 2 aromatic carbocycles. The van der Waals surface area contributed by atoms with Crippen molar-refractivity contribution in [2.24, 2.45) is 0 Å². The molecule has 146 valence electrons. The summed E-state index contributed by atoms with van der Waals surface area (Å²) in [7, 11) is -3.57. The molecule has 0 aliphatic heterocycles. The number of benzene rings is 2. The van der Waals surface area contributed by atoms with Crippen molar-refractivity contribution in [2.75, 3.05) is 11.9 Å². The maximum Gasteiger partial charge on any atom is 0.257 e. The molecule has 3 rings (SSSR count). The minimum absolute atomic E-state index is 0.177. The molecular formula is C18H17ClN4O3S2. The average Bonchev–Trinajstić information content (AvgIpc) is 3.09. The van der Waals surface area contributed by atoms with Crippen molar-refractivity contribution in [1.29, 1.82) is 0 Å². The minimum Gasteiger partial charge on any atom is -0.296 e. The van der Waals surface area contributed by atoms with E-state index in [-0.39, 0.29) is 17.3 Å². The van der Waals surface area contributed by atoms with E-state index in [2.05, 4.69) is 20.2 Å². The molecule has 1 heterocycles. The molecule has 0 bridgehead atoms. The molecule has 0 unspecified atom stereocenters. The van der Waals surface area contributed by atoms with Gasteiger partial charge in [0.15, 0.2) is 0 Å². The second-order valence-electron chi connectivity index (χ2n) is 5.92. The maximum absolute atomic E-state index is 12.3. The monoisotopic (exact) mass is 436 g/mol. The lowest BCUT2D eigenvalue weighted by molar-refractivity contribution is 0.102. The van der Waals surface area contributed by atoms with Gasteiger partial charge in [0.05, 0.1) is 4.90 Å². The van der Waals surface area contributed by atoms with Crippen molar-refractivity contribution in [3.05, 3.63) is 69.7 Å². The zero-order valence-corrected chi connectivity index (χ0v) is 17.2. The van der Waals surface area contributed by atoms with Crippen LogP contribution in [0.15, 0.2) is 53.4 Å². The first kappa shape index (κ1) is 20.4. The summed E-state index contributed by atoms with van der Waals surface area (Å²) in [5.74, 6) is -0.320. The van der Waals surface area contributed by atoms with E-state index in [0.29, 0.717) is 27.1 Å². The molecule has 28 heavy (non-hydrogen) atoms. The van der Waals surface area contributed by atoms with Crippen LogP contribution >= 0.6 is 22.9 Å². The van der Waals surface area contributed by atoms with E-state index >= 15 is 0 Å². The van der Waals surface area contributed by atoms with Crippen LogP contribution in [-0.4, -0.2) is 31.1 Å². The number of aryl methyl sites for hydroxylation is 1. The van der Waals surface area contributed by atoms with Crippen LogP contribution in [0.4, 0.5) is 5.13 Å². The van der Waals surface area contributed by atoms with Gasteiger partial charge in [0.2, 0.25) is 15.2 Å². The molecule has 0 spiro atoms. The van der Waals surface area contributed by atoms with Gasteiger partial charge in [-0.25, -0.2) is 13.1 Å². The lowest BCUT2D eigenvalue weighted by atomic mass is 10.2. The number of hydrogen-bond acceptors (Lipinski definition) is 6. The predicted octanol–water partition coefficient (Wildman–Crippen LogP) is 3.27. The fourth-order valence-corrected chi connectivity index (χ4v) is 4.16. The number of rotatable bonds is 7. The van der Waals surface area contributed by atoms with Crippen LogP contribution in [0.2, 0.25) is 5.02 Å². The van der Waals surface area contributed by atoms with E-state index in [0.717, 1.165) is 5.56 Å². The van der Waals surface area contributed by atoms with Gasteiger partial charge in [-0.2, -0.15) is 0 Å². The molecule has 10 heteroatoms. The maximum atomic E-state index is 12.3. The Balaban J connectivity index is 1.54. The number of nitrogens with zero attached hydrogens (tertiary/aromatic N) is 2. The van der Waals surface area contributed by atoms with Crippen molar-refractivity contribution in [1.82, 2.24) is 14.9 Å². The van der Waals surface area contributed by atoms with E-state index in [9.17, 15) is 13.2 Å². The SMILES string of the molecule is Cc1ccc(S(=O)(=O)NCCc2nnc(NC(=O)c3ccc(Cl)cc3)s2)cc1. The first-order valence-corrected chi connectivity index (χ1v) is 11.0. The molecule has 1 aromatic heterocycles. The zero-order valence-electron chi connectivity index (χ0n) is 14.8. The van der Waals surface area contributed by atoms with E-state index < -0.39 is 10.0 Å². The third-order valence-electron chi connectivity index (χ3n) is 3.76. The Morgan fingerprint density at radius 2 is 1.75 bits per heavy atom. The zero-order chi connectivity index (χ0) is 20.1. The molecule has 0 radical (unpaired) electrons. The molecule has 7 nitrogen and oxygen atoms in total. The van der Waals surface area contributed by atoms with Gasteiger partial charge >= 0.3 is 0 Å². The largest absolute Gasteiger partial charge is 0.296 e. The standard InChI is InChI=1S/C18H17ClN4O3S2/c1-12-2-8-15(9-3-12)28(25,26)20-11-10-16-22-23-18(27-16)21-17(24)13-4-6-14(19)7-5-13/h2-9,20H,10-11H2,1H3,(H,21,23,24). The van der Waals surface area contributed by atoms with Gasteiger partial charge in [-0.1, -0.05) is 40.6 Å². The number of anilines is 1. The molecule has 0 aliphatic rings. The highest BCUT2D eigenvalue weighted by Gasteiger charge is 2.14. The summed E-state index contributed by atoms with van der Waals surface area (Å²) < 4.78 is 27.0. The van der Waals surface area contributed by atoms with Crippen LogP contribution in [-0.2, 0) is 16.4 Å². The molecular weight excluding hydrogens is 420 g/mol. The van der Waals surface area contributed by atoms with Crippen LogP contribution < -0.4 is 10.0 Å². The smallest absolute Gasteiger partial charge is 0.257 e. The fourth-order valence-electron chi connectivity index (χ4n) is 2.27. The van der Waals surface area contributed by atoms with Crippen LogP contribution in [0.3, 0.4) is 0 Å². The summed E-state index contributed by atoms with van der Waals surface area (Å²) >= 11 is 7.00. The van der Waals surface area contributed by atoms with Crippen LogP contribution in [0.25, 0.3) is 0 Å². The summed E-state index contributed by atoms with van der Waals surface area (Å²) in [6, 6.07) is 13.1. The van der Waals surface area contributed by atoms with Gasteiger partial charge in [-0.05, 0) is 43.3 Å².